The van der Waals surface area contributed by atoms with Crippen molar-refractivity contribution in [3.8, 4) is 11.5 Å². The highest BCUT2D eigenvalue weighted by molar-refractivity contribution is 6.83. The van der Waals surface area contributed by atoms with E-state index in [9.17, 15) is 9.90 Å². The minimum atomic E-state index is -1.25. The maximum atomic E-state index is 10.9. The number of rotatable bonds is 5. The molecule has 0 amide bonds. The fourth-order valence-electron chi connectivity index (χ4n) is 1.13. The van der Waals surface area contributed by atoms with Crippen LogP contribution in [0.4, 0.5) is 0 Å². The summed E-state index contributed by atoms with van der Waals surface area (Å²) in [5.74, 6) is 2.61. The third-order valence-corrected chi connectivity index (χ3v) is 2.89. The predicted octanol–water partition coefficient (Wildman–Crippen LogP) is 1.96. The van der Waals surface area contributed by atoms with E-state index < -0.39 is 20.1 Å². The van der Waals surface area contributed by atoms with E-state index in [2.05, 4.69) is 35.8 Å². The molecule has 0 saturated carbocycles. The molecule has 4 heteroatoms. The van der Waals surface area contributed by atoms with Crippen LogP contribution in [0, 0.1) is 11.5 Å². The Morgan fingerprint density at radius 1 is 1.38 bits per heavy atom. The van der Waals surface area contributed by atoms with Crippen molar-refractivity contribution in [1.82, 2.24) is 0 Å². The van der Waals surface area contributed by atoms with Crippen molar-refractivity contribution in [3.63, 3.8) is 0 Å². The van der Waals surface area contributed by atoms with Crippen LogP contribution in [0.25, 0.3) is 0 Å². The van der Waals surface area contributed by atoms with Gasteiger partial charge in [-0.25, -0.2) is 4.79 Å². The van der Waals surface area contributed by atoms with Crippen LogP contribution in [0.3, 0.4) is 0 Å². The summed E-state index contributed by atoms with van der Waals surface area (Å²) in [6.07, 6.45) is 2.05. The fourth-order valence-corrected chi connectivity index (χ4v) is 1.79. The van der Waals surface area contributed by atoms with E-state index in [0.717, 1.165) is 19.3 Å². The van der Waals surface area contributed by atoms with Gasteiger partial charge >= 0.3 is 5.97 Å². The summed E-state index contributed by atoms with van der Waals surface area (Å²) in [7, 11) is 0.0352. The van der Waals surface area contributed by atoms with Crippen LogP contribution < -0.4 is 0 Å². The Morgan fingerprint density at radius 2 is 2.00 bits per heavy atom. The molecule has 0 saturated heterocycles. The molecule has 1 atom stereocenters. The molecular formula is C12H22O3Si. The molecular weight excluding hydrogens is 220 g/mol. The first-order chi connectivity index (χ1) is 7.37. The lowest BCUT2D eigenvalue weighted by molar-refractivity contribution is -0.150. The first-order valence-corrected chi connectivity index (χ1v) is 9.13. The van der Waals surface area contributed by atoms with Gasteiger partial charge in [0.25, 0.3) is 0 Å². The first kappa shape index (κ1) is 15.2. The minimum absolute atomic E-state index is 0.460. The van der Waals surface area contributed by atoms with Crippen molar-refractivity contribution in [2.75, 3.05) is 7.11 Å². The number of unbranched alkanes of at least 4 members (excludes halogenated alkanes) is 2. The van der Waals surface area contributed by atoms with E-state index in [0.29, 0.717) is 6.42 Å². The fraction of sp³-hybridized carbons (Fsp3) is 0.750. The van der Waals surface area contributed by atoms with Gasteiger partial charge in [-0.3, -0.25) is 0 Å². The summed E-state index contributed by atoms with van der Waals surface area (Å²) in [4.78, 5) is 10.9. The molecule has 0 aliphatic carbocycles. The van der Waals surface area contributed by atoms with Gasteiger partial charge in [0.15, 0.2) is 6.10 Å². The number of hydrogen-bond donors (Lipinski definition) is 1. The van der Waals surface area contributed by atoms with E-state index in [-0.39, 0.29) is 0 Å². The zero-order valence-corrected chi connectivity index (χ0v) is 11.7. The Bertz CT molecular complexity index is 270. The zero-order chi connectivity index (χ0) is 12.6. The Labute approximate surface area is 99.2 Å². The quantitative estimate of drug-likeness (QED) is 0.347. The molecule has 0 aromatic heterocycles. The lowest BCUT2D eigenvalue weighted by Crippen LogP contribution is -2.21. The molecule has 3 nitrogen and oxygen atoms in total. The SMILES string of the molecule is COC(=O)C(O)CCCCC#C[Si](C)(C)C. The number of carbonyl (C=O) groups excluding carboxylic acids is 1. The van der Waals surface area contributed by atoms with Gasteiger partial charge in [-0.05, 0) is 19.3 Å². The zero-order valence-electron chi connectivity index (χ0n) is 10.7. The normalized spacial score (nSPS) is 12.6. The number of methoxy groups -OCH3 is 1. The van der Waals surface area contributed by atoms with Gasteiger partial charge < -0.3 is 9.84 Å². The van der Waals surface area contributed by atoms with Gasteiger partial charge in [-0.1, -0.05) is 19.6 Å². The van der Waals surface area contributed by atoms with Gasteiger partial charge in [-0.2, -0.15) is 0 Å². The van der Waals surface area contributed by atoms with Crippen LogP contribution in [0.15, 0.2) is 0 Å². The minimum Gasteiger partial charge on any atom is -0.467 e. The molecule has 0 spiro atoms. The van der Waals surface area contributed by atoms with Crippen molar-refractivity contribution in [1.29, 1.82) is 0 Å². The Kier molecular flexibility index (Phi) is 7.10. The van der Waals surface area contributed by atoms with Crippen molar-refractivity contribution in [3.05, 3.63) is 0 Å². The first-order valence-electron chi connectivity index (χ1n) is 5.63. The standard InChI is InChI=1S/C12H22O3Si/c1-15-12(14)11(13)9-7-5-6-8-10-16(2,3)4/h11,13H,5-7,9H2,1-4H3. The molecule has 1 unspecified atom stereocenters. The van der Waals surface area contributed by atoms with Crippen LogP contribution >= 0.6 is 0 Å². The van der Waals surface area contributed by atoms with Gasteiger partial charge in [0, 0.05) is 6.42 Å². The molecule has 0 heterocycles. The second kappa shape index (κ2) is 7.48. The summed E-state index contributed by atoms with van der Waals surface area (Å²) in [6.45, 7) is 6.63. The molecule has 0 aromatic rings. The van der Waals surface area contributed by atoms with Gasteiger partial charge in [0.05, 0.1) is 7.11 Å². The van der Waals surface area contributed by atoms with E-state index in [4.69, 9.17) is 0 Å². The molecule has 0 fully saturated rings. The Hall–Kier alpha value is -0.793. The summed E-state index contributed by atoms with van der Waals surface area (Å²) >= 11 is 0. The van der Waals surface area contributed by atoms with Gasteiger partial charge in [-0.15, -0.1) is 11.5 Å². The second-order valence-corrected chi connectivity index (χ2v) is 9.59. The number of aliphatic hydroxyl groups is 1. The average molecular weight is 242 g/mol. The summed E-state index contributed by atoms with van der Waals surface area (Å²) in [5.41, 5.74) is 3.28. The van der Waals surface area contributed by atoms with Crippen molar-refractivity contribution in [2.45, 2.75) is 51.4 Å². The molecule has 0 aromatic carbocycles. The van der Waals surface area contributed by atoms with Crippen LogP contribution in [-0.4, -0.2) is 32.4 Å². The van der Waals surface area contributed by atoms with E-state index in [1.165, 1.54) is 7.11 Å². The molecule has 0 radical (unpaired) electrons. The molecule has 0 rings (SSSR count). The maximum absolute atomic E-state index is 10.9. The number of ether oxygens (including phenoxy) is 1. The molecule has 16 heavy (non-hydrogen) atoms. The number of aliphatic hydroxyl groups excluding tert-OH is 1. The lowest BCUT2D eigenvalue weighted by atomic mass is 10.1. The second-order valence-electron chi connectivity index (χ2n) is 4.84. The number of hydrogen-bond acceptors (Lipinski definition) is 3. The highest BCUT2D eigenvalue weighted by atomic mass is 28.3. The van der Waals surface area contributed by atoms with Crippen LogP contribution in [-0.2, 0) is 9.53 Å². The topological polar surface area (TPSA) is 46.5 Å². The highest BCUT2D eigenvalue weighted by Gasteiger charge is 2.13. The predicted molar refractivity (Wildman–Crippen MR) is 67.6 cm³/mol. The van der Waals surface area contributed by atoms with E-state index in [1.54, 1.807) is 0 Å². The Morgan fingerprint density at radius 3 is 2.50 bits per heavy atom. The van der Waals surface area contributed by atoms with Crippen LogP contribution in [0.1, 0.15) is 25.7 Å². The Balaban J connectivity index is 3.61. The van der Waals surface area contributed by atoms with Gasteiger partial charge in [0.2, 0.25) is 0 Å². The van der Waals surface area contributed by atoms with Crippen LogP contribution in [0.2, 0.25) is 19.6 Å². The molecule has 1 N–H and O–H groups in total. The smallest absolute Gasteiger partial charge is 0.334 e. The highest BCUT2D eigenvalue weighted by Crippen LogP contribution is 2.05. The largest absolute Gasteiger partial charge is 0.467 e. The van der Waals surface area contributed by atoms with Crippen LogP contribution in [0.5, 0.6) is 0 Å². The summed E-state index contributed by atoms with van der Waals surface area (Å²) in [6, 6.07) is 0. The van der Waals surface area contributed by atoms with E-state index in [1.807, 2.05) is 0 Å². The molecule has 0 bridgehead atoms. The third kappa shape index (κ3) is 8.51. The maximum Gasteiger partial charge on any atom is 0.334 e. The molecule has 92 valence electrons. The number of carbonyl (C=O) groups is 1. The summed E-state index contributed by atoms with van der Waals surface area (Å²) in [5, 5.41) is 9.30. The average Bonchev–Trinajstić information content (AvgIpc) is 2.20. The lowest BCUT2D eigenvalue weighted by Gasteiger charge is -2.06. The third-order valence-electron chi connectivity index (χ3n) is 1.97. The van der Waals surface area contributed by atoms with E-state index >= 15 is 0 Å². The molecule has 0 aliphatic rings. The van der Waals surface area contributed by atoms with Crippen molar-refractivity contribution >= 4 is 14.0 Å². The monoisotopic (exact) mass is 242 g/mol. The van der Waals surface area contributed by atoms with Crippen molar-refractivity contribution < 1.29 is 14.6 Å². The summed E-state index contributed by atoms with van der Waals surface area (Å²) < 4.78 is 4.42. The van der Waals surface area contributed by atoms with Crippen molar-refractivity contribution in [2.24, 2.45) is 0 Å². The van der Waals surface area contributed by atoms with Gasteiger partial charge in [0.1, 0.15) is 8.07 Å². The number of esters is 1. The molecule has 0 aliphatic heterocycles.